The average molecular weight is 1100 g/mol. The third-order valence-corrected chi connectivity index (χ3v) is 16.3. The minimum atomic E-state index is -0.770. The van der Waals surface area contributed by atoms with Gasteiger partial charge in [-0.2, -0.15) is 9.97 Å². The van der Waals surface area contributed by atoms with Crippen molar-refractivity contribution in [3.05, 3.63) is 101 Å². The Bertz CT molecular complexity index is 3100. The quantitative estimate of drug-likeness (QED) is 0.0246. The lowest BCUT2D eigenvalue weighted by atomic mass is 9.94. The van der Waals surface area contributed by atoms with Gasteiger partial charge in [0.2, 0.25) is 12.3 Å². The number of unbranched alkanes of at least 4 members (excludes halogenated alkanes) is 6. The van der Waals surface area contributed by atoms with Gasteiger partial charge in [-0.05, 0) is 102 Å². The van der Waals surface area contributed by atoms with E-state index in [-0.39, 0.29) is 41.0 Å². The molecule has 18 heteroatoms. The summed E-state index contributed by atoms with van der Waals surface area (Å²) in [5, 5.41) is 7.34. The molecule has 3 amide bonds. The number of carbonyl (C=O) groups excluding carboxylic acids is 5. The van der Waals surface area contributed by atoms with Crippen LogP contribution < -0.4 is 20.3 Å². The van der Waals surface area contributed by atoms with Crippen molar-refractivity contribution in [1.82, 2.24) is 40.3 Å². The first-order chi connectivity index (χ1) is 38.7. The fourth-order valence-corrected chi connectivity index (χ4v) is 12.3. The fourth-order valence-electron chi connectivity index (χ4n) is 12.3. The predicted octanol–water partition coefficient (Wildman–Crippen LogP) is 8.61. The largest absolute Gasteiger partial charge is 0.466 e. The number of aromatic nitrogens is 3. The van der Waals surface area contributed by atoms with Crippen LogP contribution in [0.15, 0.2) is 66.9 Å². The van der Waals surface area contributed by atoms with E-state index < -0.39 is 29.5 Å². The number of fused-ring (bicyclic) bond motifs is 5. The second-order valence-corrected chi connectivity index (χ2v) is 22.1. The van der Waals surface area contributed by atoms with Crippen LogP contribution in [0.5, 0.6) is 6.01 Å². The van der Waals surface area contributed by atoms with E-state index in [4.69, 9.17) is 20.9 Å². The number of nitrogens with zero attached hydrogens (tertiary/aromatic N) is 7. The van der Waals surface area contributed by atoms with Gasteiger partial charge >= 0.3 is 6.01 Å². The number of nitrogens with one attached hydrogen (secondary N) is 2. The van der Waals surface area contributed by atoms with Crippen LogP contribution >= 0.6 is 0 Å². The maximum atomic E-state index is 16.8. The first-order valence-corrected chi connectivity index (χ1v) is 28.1. The number of aryl methyl sites for hydroxylation is 1. The lowest BCUT2D eigenvalue weighted by Crippen LogP contribution is -2.51. The van der Waals surface area contributed by atoms with Crippen LogP contribution in [0.1, 0.15) is 129 Å². The maximum Gasteiger partial charge on any atom is 0.319 e. The molecule has 4 aliphatic rings. The standard InChI is InChI=1S/C36H34F2N6O3.C26H41N3O4/c1-3-26-29(37)10-7-22-5-4-6-27(30(22)26)32-31(38)33-28(14-39-32)34(43-16-23-8-9-24(17-43)40-23)42-35(41-33)47-19-36-12-11-25(18-46-20-45)44(36)15-21(2)13-36;1-5-14-24(25(32)27-20-31)29(4)26(33)22-17-13-16-21(23(22)19-30)15-11-9-7-6-8-10-12-18-28(2)3/h1,4-7,10,14,20,23-25,40H,2,8-9,11-13,15-19H2;13,16-17,19-20,24H,5-12,14-15,18H2,1-4H3,(H,27,31,32). The van der Waals surface area contributed by atoms with Gasteiger partial charge in [-0.1, -0.05) is 99.9 Å². The molecule has 5 aromatic rings. The van der Waals surface area contributed by atoms with E-state index >= 15 is 4.39 Å². The molecule has 2 bridgehead atoms. The fraction of sp³-hybridized carbons (Fsp3) is 0.484. The number of piperazine rings is 1. The molecule has 5 atom stereocenters. The summed E-state index contributed by atoms with van der Waals surface area (Å²) in [6.07, 6.45) is 23.0. The molecule has 3 aromatic carbocycles. The lowest BCUT2D eigenvalue weighted by molar-refractivity contribution is -0.130. The van der Waals surface area contributed by atoms with Gasteiger partial charge in [-0.15, -0.1) is 6.42 Å². The van der Waals surface area contributed by atoms with Crippen LogP contribution in [0.2, 0.25) is 0 Å². The Morgan fingerprint density at radius 2 is 1.71 bits per heavy atom. The second-order valence-electron chi connectivity index (χ2n) is 22.1. The summed E-state index contributed by atoms with van der Waals surface area (Å²) in [4.78, 5) is 81.0. The molecular formula is C62H75F2N9O7. The number of amides is 3. The second kappa shape index (κ2) is 27.3. The number of benzene rings is 3. The molecule has 0 saturated carbocycles. The van der Waals surface area contributed by atoms with Crippen LogP contribution in [0.4, 0.5) is 14.6 Å². The summed E-state index contributed by atoms with van der Waals surface area (Å²) in [5.41, 5.74) is 2.82. The maximum absolute atomic E-state index is 16.8. The molecule has 9 rings (SSSR count). The molecule has 0 spiro atoms. The zero-order chi connectivity index (χ0) is 56.9. The minimum absolute atomic E-state index is 0.0202. The van der Waals surface area contributed by atoms with Gasteiger partial charge in [0.25, 0.3) is 12.4 Å². The van der Waals surface area contributed by atoms with E-state index in [9.17, 15) is 28.4 Å². The molecule has 4 saturated heterocycles. The summed E-state index contributed by atoms with van der Waals surface area (Å²) in [6.45, 7) is 10.5. The smallest absolute Gasteiger partial charge is 0.319 e. The topological polar surface area (TPSA) is 180 Å². The van der Waals surface area contributed by atoms with Crippen molar-refractivity contribution in [2.75, 3.05) is 65.4 Å². The molecule has 2 aromatic heterocycles. The number of hydrogen-bond donors (Lipinski definition) is 2. The molecule has 4 fully saturated rings. The number of halogens is 2. The summed E-state index contributed by atoms with van der Waals surface area (Å²) in [7, 11) is 5.73. The molecule has 424 valence electrons. The van der Waals surface area contributed by atoms with Gasteiger partial charge in [0.1, 0.15) is 42.1 Å². The Hall–Kier alpha value is -7.20. The molecule has 16 nitrogen and oxygen atoms in total. The van der Waals surface area contributed by atoms with Crippen molar-refractivity contribution in [3.8, 4) is 29.6 Å². The Balaban J connectivity index is 0.000000226. The zero-order valence-corrected chi connectivity index (χ0v) is 46.6. The number of anilines is 1. The van der Waals surface area contributed by atoms with Gasteiger partial charge in [0, 0.05) is 67.5 Å². The summed E-state index contributed by atoms with van der Waals surface area (Å²) in [6, 6.07) is 13.5. The Kier molecular flexibility index (Phi) is 20.1. The zero-order valence-electron chi connectivity index (χ0n) is 46.6. The predicted molar refractivity (Wildman–Crippen MR) is 305 cm³/mol. The monoisotopic (exact) mass is 1100 g/mol. The van der Waals surface area contributed by atoms with E-state index in [1.165, 1.54) is 50.1 Å². The number of ether oxygens (including phenoxy) is 2. The van der Waals surface area contributed by atoms with Crippen LogP contribution in [0.25, 0.3) is 32.9 Å². The number of terminal acetylenes is 1. The van der Waals surface area contributed by atoms with E-state index in [0.717, 1.165) is 88.4 Å². The number of carbonyl (C=O) groups is 5. The average Bonchev–Trinajstić information content (AvgIpc) is 4.10. The van der Waals surface area contributed by atoms with E-state index in [0.29, 0.717) is 89.6 Å². The SMILES string of the molecule is C#Cc1c(F)ccc2cccc(-c3ncc4c(N5CC6CCC(C5)N6)nc(OCC56CCC(COC=O)N5CC(=C)C6)nc4c3F)c12.CCCC(C(=O)NC=O)N(C)C(=O)c1cccc(CCCCCCCCCN(C)C)c1C=O. The first kappa shape index (κ1) is 58.9. The van der Waals surface area contributed by atoms with Gasteiger partial charge in [-0.3, -0.25) is 39.2 Å². The highest BCUT2D eigenvalue weighted by atomic mass is 19.1. The van der Waals surface area contributed by atoms with Crippen molar-refractivity contribution in [2.45, 2.75) is 133 Å². The highest BCUT2D eigenvalue weighted by Gasteiger charge is 2.51. The van der Waals surface area contributed by atoms with Crippen molar-refractivity contribution in [3.63, 3.8) is 0 Å². The number of aldehydes is 1. The molecule has 0 radical (unpaired) electrons. The molecule has 6 heterocycles. The number of imide groups is 1. The minimum Gasteiger partial charge on any atom is -0.466 e. The van der Waals surface area contributed by atoms with Crippen molar-refractivity contribution in [2.24, 2.45) is 0 Å². The van der Waals surface area contributed by atoms with E-state index in [1.807, 2.05) is 19.1 Å². The Labute approximate surface area is 468 Å². The third-order valence-electron chi connectivity index (χ3n) is 16.3. The van der Waals surface area contributed by atoms with Crippen LogP contribution in [-0.4, -0.2) is 151 Å². The third kappa shape index (κ3) is 13.3. The molecular weight excluding hydrogens is 1020 g/mol. The Morgan fingerprint density at radius 1 is 0.975 bits per heavy atom. The van der Waals surface area contributed by atoms with Crippen LogP contribution in [-0.2, 0) is 25.5 Å². The molecule has 80 heavy (non-hydrogen) atoms. The van der Waals surface area contributed by atoms with Crippen molar-refractivity contribution in [1.29, 1.82) is 0 Å². The van der Waals surface area contributed by atoms with Crippen molar-refractivity contribution >= 4 is 58.5 Å². The van der Waals surface area contributed by atoms with E-state index in [2.05, 4.69) is 61.9 Å². The number of hydrogen-bond acceptors (Lipinski definition) is 14. The van der Waals surface area contributed by atoms with Gasteiger partial charge < -0.3 is 29.5 Å². The molecule has 5 unspecified atom stereocenters. The number of rotatable bonds is 25. The summed E-state index contributed by atoms with van der Waals surface area (Å²) >= 11 is 0. The molecule has 0 aliphatic carbocycles. The van der Waals surface area contributed by atoms with Crippen LogP contribution in [0.3, 0.4) is 0 Å². The molecule has 2 N–H and O–H groups in total. The van der Waals surface area contributed by atoms with Crippen LogP contribution in [0, 0.1) is 24.0 Å². The van der Waals surface area contributed by atoms with Gasteiger partial charge in [0.05, 0.1) is 22.1 Å². The summed E-state index contributed by atoms with van der Waals surface area (Å²) < 4.78 is 43.2. The highest BCUT2D eigenvalue weighted by molar-refractivity contribution is 6.05. The molecule has 4 aliphatic heterocycles. The Morgan fingerprint density at radius 3 is 2.41 bits per heavy atom. The van der Waals surface area contributed by atoms with Gasteiger partial charge in [-0.25, -0.2) is 8.78 Å². The van der Waals surface area contributed by atoms with Gasteiger partial charge in [0.15, 0.2) is 12.1 Å². The number of pyridine rings is 1. The van der Waals surface area contributed by atoms with E-state index in [1.54, 1.807) is 36.5 Å². The van der Waals surface area contributed by atoms with Crippen molar-refractivity contribution < 1.29 is 42.2 Å². The normalized spacial score (nSPS) is 19.8. The highest BCUT2D eigenvalue weighted by Crippen LogP contribution is 2.45. The first-order valence-electron chi connectivity index (χ1n) is 28.1. The number of likely N-dealkylation sites (N-methyl/N-ethyl adjacent to an activating group) is 1. The summed E-state index contributed by atoms with van der Waals surface area (Å²) in [5.74, 6) is 0.885. The lowest BCUT2D eigenvalue weighted by Gasteiger charge is -2.35.